The zero-order valence-electron chi connectivity index (χ0n) is 13.9. The van der Waals surface area contributed by atoms with E-state index in [1.54, 1.807) is 6.26 Å². The number of anilines is 1. The highest BCUT2D eigenvalue weighted by Gasteiger charge is 2.12. The SMILES string of the molecule is C[C@H](NCC(=O)Nc1ccccc1Oc1ccccc1)c1ccco1. The van der Waals surface area contributed by atoms with Crippen LogP contribution in [0.2, 0.25) is 0 Å². The number of amides is 1. The maximum absolute atomic E-state index is 12.2. The van der Waals surface area contributed by atoms with Crippen LogP contribution in [-0.2, 0) is 4.79 Å². The van der Waals surface area contributed by atoms with Crippen LogP contribution in [0.3, 0.4) is 0 Å². The highest BCUT2D eigenvalue weighted by Crippen LogP contribution is 2.28. The van der Waals surface area contributed by atoms with Crippen molar-refractivity contribution in [1.82, 2.24) is 5.32 Å². The minimum atomic E-state index is -0.150. The van der Waals surface area contributed by atoms with Gasteiger partial charge in [0, 0.05) is 0 Å². The van der Waals surface area contributed by atoms with Gasteiger partial charge in [-0.25, -0.2) is 0 Å². The monoisotopic (exact) mass is 336 g/mol. The van der Waals surface area contributed by atoms with Crippen LogP contribution in [0.15, 0.2) is 77.4 Å². The smallest absolute Gasteiger partial charge is 0.238 e. The molecule has 2 aromatic carbocycles. The minimum absolute atomic E-state index is 0.0448. The molecule has 0 radical (unpaired) electrons. The minimum Gasteiger partial charge on any atom is -0.468 e. The maximum Gasteiger partial charge on any atom is 0.238 e. The van der Waals surface area contributed by atoms with Gasteiger partial charge in [-0.2, -0.15) is 0 Å². The molecule has 25 heavy (non-hydrogen) atoms. The molecule has 1 amide bonds. The molecule has 0 saturated carbocycles. The fraction of sp³-hybridized carbons (Fsp3) is 0.150. The summed E-state index contributed by atoms with van der Waals surface area (Å²) in [7, 11) is 0. The average Bonchev–Trinajstić information content (AvgIpc) is 3.17. The van der Waals surface area contributed by atoms with Crippen LogP contribution in [-0.4, -0.2) is 12.5 Å². The van der Waals surface area contributed by atoms with E-state index >= 15 is 0 Å². The lowest BCUT2D eigenvalue weighted by Crippen LogP contribution is -2.30. The molecule has 3 rings (SSSR count). The number of hydrogen-bond acceptors (Lipinski definition) is 4. The zero-order valence-corrected chi connectivity index (χ0v) is 13.9. The normalized spacial score (nSPS) is 11.7. The third-order valence-electron chi connectivity index (χ3n) is 3.67. The van der Waals surface area contributed by atoms with Crippen molar-refractivity contribution in [3.63, 3.8) is 0 Å². The first kappa shape index (κ1) is 16.8. The van der Waals surface area contributed by atoms with Crippen molar-refractivity contribution >= 4 is 11.6 Å². The molecule has 1 heterocycles. The maximum atomic E-state index is 12.2. The molecule has 1 aromatic heterocycles. The molecule has 5 nitrogen and oxygen atoms in total. The zero-order chi connectivity index (χ0) is 17.5. The molecule has 0 aliphatic rings. The Kier molecular flexibility index (Phi) is 5.49. The van der Waals surface area contributed by atoms with Crippen LogP contribution >= 0.6 is 0 Å². The Morgan fingerprint density at radius 3 is 2.56 bits per heavy atom. The topological polar surface area (TPSA) is 63.5 Å². The first-order valence-corrected chi connectivity index (χ1v) is 8.11. The van der Waals surface area contributed by atoms with Gasteiger partial charge in [-0.3, -0.25) is 10.1 Å². The molecule has 0 fully saturated rings. The third kappa shape index (κ3) is 4.71. The summed E-state index contributed by atoms with van der Waals surface area (Å²) in [6, 6.07) is 20.5. The van der Waals surface area contributed by atoms with Gasteiger partial charge in [0.05, 0.1) is 24.5 Å². The van der Waals surface area contributed by atoms with E-state index in [-0.39, 0.29) is 18.5 Å². The number of benzene rings is 2. The second-order valence-corrected chi connectivity index (χ2v) is 5.58. The molecule has 0 unspecified atom stereocenters. The molecular weight excluding hydrogens is 316 g/mol. The highest BCUT2D eigenvalue weighted by atomic mass is 16.5. The molecule has 0 saturated heterocycles. The van der Waals surface area contributed by atoms with E-state index in [0.29, 0.717) is 17.2 Å². The van der Waals surface area contributed by atoms with Gasteiger partial charge in [0.15, 0.2) is 5.75 Å². The third-order valence-corrected chi connectivity index (χ3v) is 3.67. The van der Waals surface area contributed by atoms with Gasteiger partial charge < -0.3 is 14.5 Å². The predicted octanol–water partition coefficient (Wildman–Crippen LogP) is 4.36. The van der Waals surface area contributed by atoms with E-state index in [1.807, 2.05) is 73.7 Å². The van der Waals surface area contributed by atoms with Crippen LogP contribution in [0.5, 0.6) is 11.5 Å². The van der Waals surface area contributed by atoms with Crippen LogP contribution in [0.4, 0.5) is 5.69 Å². The molecule has 1 atom stereocenters. The van der Waals surface area contributed by atoms with Crippen LogP contribution in [0, 0.1) is 0 Å². The van der Waals surface area contributed by atoms with Crippen molar-refractivity contribution in [2.45, 2.75) is 13.0 Å². The summed E-state index contributed by atoms with van der Waals surface area (Å²) < 4.78 is 11.2. The van der Waals surface area contributed by atoms with Crippen LogP contribution in [0.25, 0.3) is 0 Å². The van der Waals surface area contributed by atoms with Crippen molar-refractivity contribution in [2.75, 3.05) is 11.9 Å². The molecule has 3 aromatic rings. The van der Waals surface area contributed by atoms with Crippen molar-refractivity contribution in [1.29, 1.82) is 0 Å². The Morgan fingerprint density at radius 1 is 1.04 bits per heavy atom. The predicted molar refractivity (Wildman–Crippen MR) is 96.7 cm³/mol. The second-order valence-electron chi connectivity index (χ2n) is 5.58. The van der Waals surface area contributed by atoms with Crippen molar-refractivity contribution in [2.24, 2.45) is 0 Å². The molecule has 0 bridgehead atoms. The van der Waals surface area contributed by atoms with Gasteiger partial charge in [-0.1, -0.05) is 30.3 Å². The Morgan fingerprint density at radius 2 is 1.80 bits per heavy atom. The number of carbonyl (C=O) groups excluding carboxylic acids is 1. The standard InChI is InChI=1S/C20H20N2O3/c1-15(18-12-7-13-24-18)21-14-20(23)22-17-10-5-6-11-19(17)25-16-8-3-2-4-9-16/h2-13,15,21H,14H2,1H3,(H,22,23)/t15-/m0/s1. The summed E-state index contributed by atoms with van der Waals surface area (Å²) in [6.07, 6.45) is 1.62. The molecule has 5 heteroatoms. The lowest BCUT2D eigenvalue weighted by Gasteiger charge is -2.14. The fourth-order valence-corrected chi connectivity index (χ4v) is 2.35. The lowest BCUT2D eigenvalue weighted by atomic mass is 10.2. The number of rotatable bonds is 7. The first-order chi connectivity index (χ1) is 12.2. The van der Waals surface area contributed by atoms with Crippen molar-refractivity contribution in [3.8, 4) is 11.5 Å². The Labute approximate surface area is 146 Å². The second kappa shape index (κ2) is 8.17. The number of ether oxygens (including phenoxy) is 1. The van der Waals surface area contributed by atoms with Crippen LogP contribution < -0.4 is 15.4 Å². The Bertz CT molecular complexity index is 801. The van der Waals surface area contributed by atoms with Crippen molar-refractivity contribution in [3.05, 3.63) is 78.8 Å². The number of furan rings is 1. The fourth-order valence-electron chi connectivity index (χ4n) is 2.35. The number of hydrogen-bond donors (Lipinski definition) is 2. The molecule has 0 aliphatic heterocycles. The lowest BCUT2D eigenvalue weighted by molar-refractivity contribution is -0.115. The molecule has 0 aliphatic carbocycles. The van der Waals surface area contributed by atoms with E-state index in [1.165, 1.54) is 0 Å². The van der Waals surface area contributed by atoms with Gasteiger partial charge in [0.25, 0.3) is 0 Å². The van der Waals surface area contributed by atoms with E-state index in [2.05, 4.69) is 10.6 Å². The molecule has 0 spiro atoms. The number of nitrogens with one attached hydrogen (secondary N) is 2. The van der Waals surface area contributed by atoms with Crippen molar-refractivity contribution < 1.29 is 13.9 Å². The summed E-state index contributed by atoms with van der Waals surface area (Å²) in [5.41, 5.74) is 0.629. The van der Waals surface area contributed by atoms with Gasteiger partial charge >= 0.3 is 0 Å². The van der Waals surface area contributed by atoms with E-state index in [9.17, 15) is 4.79 Å². The highest BCUT2D eigenvalue weighted by molar-refractivity contribution is 5.93. The summed E-state index contributed by atoms with van der Waals surface area (Å²) in [5, 5.41) is 6.00. The molecule has 2 N–H and O–H groups in total. The molecular formula is C20H20N2O3. The van der Waals surface area contributed by atoms with Gasteiger partial charge in [0.2, 0.25) is 5.91 Å². The van der Waals surface area contributed by atoms with Gasteiger partial charge in [0.1, 0.15) is 11.5 Å². The molecule has 128 valence electrons. The summed E-state index contributed by atoms with van der Waals surface area (Å²) >= 11 is 0. The summed E-state index contributed by atoms with van der Waals surface area (Å²) in [4.78, 5) is 12.2. The first-order valence-electron chi connectivity index (χ1n) is 8.11. The summed E-state index contributed by atoms with van der Waals surface area (Å²) in [6.45, 7) is 2.11. The Balaban J connectivity index is 1.59. The number of carbonyl (C=O) groups is 1. The summed E-state index contributed by atoms with van der Waals surface area (Å²) in [5.74, 6) is 1.96. The van der Waals surface area contributed by atoms with E-state index in [0.717, 1.165) is 5.76 Å². The quantitative estimate of drug-likeness (QED) is 0.673. The van der Waals surface area contributed by atoms with E-state index in [4.69, 9.17) is 9.15 Å². The number of para-hydroxylation sites is 3. The average molecular weight is 336 g/mol. The van der Waals surface area contributed by atoms with E-state index < -0.39 is 0 Å². The van der Waals surface area contributed by atoms with Gasteiger partial charge in [-0.05, 0) is 43.3 Å². The van der Waals surface area contributed by atoms with Gasteiger partial charge in [-0.15, -0.1) is 0 Å². The van der Waals surface area contributed by atoms with Crippen LogP contribution in [0.1, 0.15) is 18.7 Å². The Hall–Kier alpha value is -3.05. The largest absolute Gasteiger partial charge is 0.468 e.